The Morgan fingerprint density at radius 1 is 1.46 bits per heavy atom. The zero-order valence-electron chi connectivity index (χ0n) is 13.9. The van der Waals surface area contributed by atoms with Crippen LogP contribution in [0.1, 0.15) is 19.8 Å². The van der Waals surface area contributed by atoms with Crippen LogP contribution in [0.25, 0.3) is 11.0 Å². The van der Waals surface area contributed by atoms with Crippen molar-refractivity contribution in [1.29, 1.82) is 0 Å². The van der Waals surface area contributed by atoms with Gasteiger partial charge in [0.05, 0.1) is 11.4 Å². The van der Waals surface area contributed by atoms with Crippen LogP contribution in [0.4, 0.5) is 5.82 Å². The fraction of sp³-hybridized carbons (Fsp3) is 0.500. The molecule has 1 fully saturated rings. The molecule has 0 unspecified atom stereocenters. The van der Waals surface area contributed by atoms with Gasteiger partial charge < -0.3 is 20.5 Å². The molecule has 3 rings (SSSR count). The van der Waals surface area contributed by atoms with Crippen molar-refractivity contribution in [3.05, 3.63) is 18.6 Å². The number of likely N-dealkylation sites (N-methyl/N-ethyl adjacent to an activating group) is 1. The molecule has 128 valence electrons. The number of fused-ring (bicyclic) bond motifs is 1. The first-order chi connectivity index (χ1) is 11.5. The number of primary amides is 1. The van der Waals surface area contributed by atoms with E-state index < -0.39 is 5.91 Å². The fourth-order valence-electron chi connectivity index (χ4n) is 3.34. The molecule has 2 atom stereocenters. The van der Waals surface area contributed by atoms with Gasteiger partial charge in [0.2, 0.25) is 11.8 Å². The number of nitrogens with one attached hydrogen (secondary N) is 1. The number of nitrogens with two attached hydrogens (primary N) is 1. The largest absolute Gasteiger partial charge is 0.369 e. The molecular weight excluding hydrogens is 308 g/mol. The summed E-state index contributed by atoms with van der Waals surface area (Å²) in [5, 5.41) is 0.952. The Morgan fingerprint density at radius 3 is 3.00 bits per heavy atom. The lowest BCUT2D eigenvalue weighted by Gasteiger charge is -2.42. The molecule has 0 radical (unpaired) electrons. The minimum absolute atomic E-state index is 0.114. The zero-order chi connectivity index (χ0) is 17.3. The van der Waals surface area contributed by atoms with Crippen LogP contribution in [0.2, 0.25) is 0 Å². The van der Waals surface area contributed by atoms with Crippen LogP contribution in [-0.2, 0) is 9.59 Å². The lowest BCUT2D eigenvalue weighted by atomic mass is 9.92. The number of anilines is 1. The van der Waals surface area contributed by atoms with Crippen LogP contribution in [0.3, 0.4) is 0 Å². The first kappa shape index (κ1) is 16.2. The maximum atomic E-state index is 12.2. The minimum atomic E-state index is -0.589. The van der Waals surface area contributed by atoms with Crippen molar-refractivity contribution >= 4 is 28.7 Å². The quantitative estimate of drug-likeness (QED) is 0.794. The summed E-state index contributed by atoms with van der Waals surface area (Å²) < 4.78 is 0. The Hall–Kier alpha value is -2.64. The Balaban J connectivity index is 1.82. The van der Waals surface area contributed by atoms with Crippen LogP contribution in [0.15, 0.2) is 18.6 Å². The summed E-state index contributed by atoms with van der Waals surface area (Å²) >= 11 is 0. The van der Waals surface area contributed by atoms with Crippen molar-refractivity contribution in [3.8, 4) is 0 Å². The van der Waals surface area contributed by atoms with Gasteiger partial charge in [-0.1, -0.05) is 6.92 Å². The van der Waals surface area contributed by atoms with E-state index in [0.717, 1.165) is 23.3 Å². The van der Waals surface area contributed by atoms with E-state index in [1.165, 1.54) is 6.33 Å². The third kappa shape index (κ3) is 3.04. The van der Waals surface area contributed by atoms with E-state index in [-0.39, 0.29) is 18.4 Å². The highest BCUT2D eigenvalue weighted by Gasteiger charge is 2.32. The Kier molecular flexibility index (Phi) is 4.37. The van der Waals surface area contributed by atoms with Crippen molar-refractivity contribution in [3.63, 3.8) is 0 Å². The minimum Gasteiger partial charge on any atom is -0.369 e. The van der Waals surface area contributed by atoms with E-state index >= 15 is 0 Å². The molecule has 0 bridgehead atoms. The number of carbonyl (C=O) groups excluding carboxylic acids is 2. The van der Waals surface area contributed by atoms with E-state index in [0.29, 0.717) is 19.0 Å². The summed E-state index contributed by atoms with van der Waals surface area (Å²) in [6, 6.07) is 2.06. The van der Waals surface area contributed by atoms with Crippen molar-refractivity contribution in [2.24, 2.45) is 11.7 Å². The van der Waals surface area contributed by atoms with Gasteiger partial charge in [0.1, 0.15) is 24.2 Å². The van der Waals surface area contributed by atoms with Crippen LogP contribution >= 0.6 is 0 Å². The van der Waals surface area contributed by atoms with Gasteiger partial charge in [-0.2, -0.15) is 0 Å². The summed E-state index contributed by atoms with van der Waals surface area (Å²) in [4.78, 5) is 38.7. The van der Waals surface area contributed by atoms with Gasteiger partial charge in [0, 0.05) is 26.3 Å². The average Bonchev–Trinajstić information content (AvgIpc) is 3.02. The maximum Gasteiger partial charge on any atom is 0.232 e. The van der Waals surface area contributed by atoms with E-state index in [2.05, 4.69) is 26.8 Å². The SMILES string of the molecule is C[C@H]1CCN(C(=O)CC(N)=O)C[C@H]1N(C)c1ncnc2[nH]ccc12. The highest BCUT2D eigenvalue weighted by molar-refractivity contribution is 5.96. The number of aromatic amines is 1. The first-order valence-electron chi connectivity index (χ1n) is 8.04. The molecule has 8 heteroatoms. The van der Waals surface area contributed by atoms with E-state index in [9.17, 15) is 9.59 Å². The van der Waals surface area contributed by atoms with Gasteiger partial charge in [0.25, 0.3) is 0 Å². The van der Waals surface area contributed by atoms with Crippen molar-refractivity contribution < 1.29 is 9.59 Å². The van der Waals surface area contributed by atoms with Crippen molar-refractivity contribution in [2.45, 2.75) is 25.8 Å². The molecule has 2 aromatic rings. The molecule has 3 heterocycles. The maximum absolute atomic E-state index is 12.2. The summed E-state index contributed by atoms with van der Waals surface area (Å²) in [5.41, 5.74) is 5.93. The molecule has 24 heavy (non-hydrogen) atoms. The van der Waals surface area contributed by atoms with Crippen LogP contribution in [-0.4, -0.2) is 57.8 Å². The van der Waals surface area contributed by atoms with E-state index in [1.807, 2.05) is 19.3 Å². The van der Waals surface area contributed by atoms with Gasteiger partial charge in [0.15, 0.2) is 0 Å². The smallest absolute Gasteiger partial charge is 0.232 e. The topological polar surface area (TPSA) is 108 Å². The number of likely N-dealkylation sites (tertiary alicyclic amines) is 1. The zero-order valence-corrected chi connectivity index (χ0v) is 13.9. The Labute approximate surface area is 140 Å². The molecule has 1 aliphatic heterocycles. The molecule has 2 aromatic heterocycles. The fourth-order valence-corrected chi connectivity index (χ4v) is 3.34. The molecular formula is C16H22N6O2. The number of rotatable bonds is 4. The summed E-state index contributed by atoms with van der Waals surface area (Å²) in [6.45, 7) is 3.38. The predicted octanol–water partition coefficient (Wildman–Crippen LogP) is 0.507. The predicted molar refractivity (Wildman–Crippen MR) is 90.3 cm³/mol. The molecule has 2 amide bonds. The van der Waals surface area contributed by atoms with Gasteiger partial charge in [-0.05, 0) is 18.4 Å². The summed E-state index contributed by atoms with van der Waals surface area (Å²) in [6.07, 6.45) is 4.01. The number of hydrogen-bond donors (Lipinski definition) is 2. The highest BCUT2D eigenvalue weighted by atomic mass is 16.2. The second-order valence-corrected chi connectivity index (χ2v) is 6.36. The monoisotopic (exact) mass is 330 g/mol. The van der Waals surface area contributed by atoms with Gasteiger partial charge >= 0.3 is 0 Å². The van der Waals surface area contributed by atoms with Gasteiger partial charge in [-0.25, -0.2) is 9.97 Å². The standard InChI is InChI=1S/C16H22N6O2/c1-10-4-6-22(14(24)7-13(17)23)8-12(10)21(2)16-11-3-5-18-15(11)19-9-20-16/h3,5,9-10,12H,4,6-8H2,1-2H3,(H2,17,23)(H,18,19,20)/t10-,12+/m0/s1. The Bertz CT molecular complexity index is 758. The van der Waals surface area contributed by atoms with Crippen LogP contribution in [0, 0.1) is 5.92 Å². The number of aromatic nitrogens is 3. The van der Waals surface area contributed by atoms with Gasteiger partial charge in [-0.3, -0.25) is 9.59 Å². The molecule has 8 nitrogen and oxygen atoms in total. The molecule has 0 aromatic carbocycles. The third-order valence-electron chi connectivity index (χ3n) is 4.76. The molecule has 1 saturated heterocycles. The molecule has 1 aliphatic rings. The number of carbonyl (C=O) groups is 2. The molecule has 0 saturated carbocycles. The highest BCUT2D eigenvalue weighted by Crippen LogP contribution is 2.28. The molecule has 0 aliphatic carbocycles. The third-order valence-corrected chi connectivity index (χ3v) is 4.76. The number of piperidine rings is 1. The molecule has 0 spiro atoms. The van der Waals surface area contributed by atoms with Crippen LogP contribution in [0.5, 0.6) is 0 Å². The number of amides is 2. The van der Waals surface area contributed by atoms with Crippen molar-refractivity contribution in [1.82, 2.24) is 19.9 Å². The normalized spacial score (nSPS) is 21.0. The summed E-state index contributed by atoms with van der Waals surface area (Å²) in [5.74, 6) is 0.439. The number of H-pyrrole nitrogens is 1. The first-order valence-corrected chi connectivity index (χ1v) is 8.04. The lowest BCUT2D eigenvalue weighted by Crippen LogP contribution is -2.53. The number of nitrogens with zero attached hydrogens (tertiary/aromatic N) is 4. The van der Waals surface area contributed by atoms with E-state index in [4.69, 9.17) is 5.73 Å². The second kappa shape index (κ2) is 6.46. The molecule has 3 N–H and O–H groups in total. The number of hydrogen-bond acceptors (Lipinski definition) is 5. The van der Waals surface area contributed by atoms with Gasteiger partial charge in [-0.15, -0.1) is 0 Å². The van der Waals surface area contributed by atoms with Crippen LogP contribution < -0.4 is 10.6 Å². The van der Waals surface area contributed by atoms with Crippen molar-refractivity contribution in [2.75, 3.05) is 25.0 Å². The second-order valence-electron chi connectivity index (χ2n) is 6.36. The van der Waals surface area contributed by atoms with E-state index in [1.54, 1.807) is 4.90 Å². The summed E-state index contributed by atoms with van der Waals surface area (Å²) in [7, 11) is 1.98. The lowest BCUT2D eigenvalue weighted by molar-refractivity contribution is -0.136. The average molecular weight is 330 g/mol. The Morgan fingerprint density at radius 2 is 2.25 bits per heavy atom.